The van der Waals surface area contributed by atoms with Crippen LogP contribution in [0.1, 0.15) is 22.3 Å². The standard InChI is InChI=1S/4C9H11NO3/c4*10-8(9(12)13)5-6-1-3-7(11)4-2-6/h4*1-4,8,11H,5,10H2,(H,12,13). The number of benzene rings is 4. The first-order chi connectivity index (χ1) is 24.4. The van der Waals surface area contributed by atoms with Gasteiger partial charge in [0.1, 0.15) is 47.2 Å². The molecule has 0 aromatic heterocycles. The number of rotatable bonds is 12. The van der Waals surface area contributed by atoms with Crippen LogP contribution in [0.2, 0.25) is 0 Å². The highest BCUT2D eigenvalue weighted by Gasteiger charge is 2.14. The van der Waals surface area contributed by atoms with Crippen molar-refractivity contribution in [2.24, 2.45) is 22.9 Å². The van der Waals surface area contributed by atoms with Crippen molar-refractivity contribution in [3.63, 3.8) is 0 Å². The fraction of sp³-hybridized carbons (Fsp3) is 0.222. The van der Waals surface area contributed by atoms with E-state index in [9.17, 15) is 19.2 Å². The maximum atomic E-state index is 10.4. The minimum Gasteiger partial charge on any atom is -0.508 e. The molecule has 0 saturated heterocycles. The van der Waals surface area contributed by atoms with Gasteiger partial charge in [-0.15, -0.1) is 0 Å². The number of phenolic OH excluding ortho intramolecular Hbond substituents is 4. The van der Waals surface area contributed by atoms with Crippen LogP contribution in [0.25, 0.3) is 0 Å². The Morgan fingerprint density at radius 3 is 0.596 bits per heavy atom. The Morgan fingerprint density at radius 2 is 0.481 bits per heavy atom. The Bertz CT molecular complexity index is 1430. The van der Waals surface area contributed by atoms with Gasteiger partial charge in [-0.1, -0.05) is 48.5 Å². The second kappa shape index (κ2) is 22.5. The smallest absolute Gasteiger partial charge is 0.320 e. The average molecular weight is 725 g/mol. The van der Waals surface area contributed by atoms with Crippen LogP contribution in [-0.4, -0.2) is 88.9 Å². The summed E-state index contributed by atoms with van der Waals surface area (Å²) < 4.78 is 0. The molecule has 4 aromatic carbocycles. The molecule has 4 unspecified atom stereocenters. The zero-order chi connectivity index (χ0) is 39.4. The van der Waals surface area contributed by atoms with Crippen LogP contribution in [0.15, 0.2) is 97.1 Å². The maximum absolute atomic E-state index is 10.4. The maximum Gasteiger partial charge on any atom is 0.320 e. The van der Waals surface area contributed by atoms with Gasteiger partial charge in [0.25, 0.3) is 0 Å². The number of aliphatic carboxylic acids is 4. The zero-order valence-corrected chi connectivity index (χ0v) is 27.9. The van der Waals surface area contributed by atoms with Crippen molar-refractivity contribution in [1.29, 1.82) is 0 Å². The Balaban J connectivity index is 0.000000347. The summed E-state index contributed by atoms with van der Waals surface area (Å²) in [7, 11) is 0. The van der Waals surface area contributed by atoms with E-state index in [2.05, 4.69) is 0 Å². The Labute approximate surface area is 298 Å². The van der Waals surface area contributed by atoms with Crippen molar-refractivity contribution in [3.05, 3.63) is 119 Å². The molecule has 4 rings (SSSR count). The number of aromatic hydroxyl groups is 4. The van der Waals surface area contributed by atoms with E-state index in [-0.39, 0.29) is 48.7 Å². The largest absolute Gasteiger partial charge is 0.508 e. The molecule has 0 aliphatic heterocycles. The number of nitrogens with two attached hydrogens (primary N) is 4. The van der Waals surface area contributed by atoms with Gasteiger partial charge in [-0.05, 0) is 96.5 Å². The van der Waals surface area contributed by atoms with Gasteiger partial charge in [-0.25, -0.2) is 0 Å². The predicted molar refractivity (Wildman–Crippen MR) is 190 cm³/mol. The summed E-state index contributed by atoms with van der Waals surface area (Å²) in [5.74, 6) is -3.44. The molecule has 0 amide bonds. The fourth-order valence-corrected chi connectivity index (χ4v) is 3.89. The highest BCUT2D eigenvalue weighted by Crippen LogP contribution is 2.13. The minimum atomic E-state index is -1.02. The van der Waals surface area contributed by atoms with E-state index in [0.717, 1.165) is 22.3 Å². The van der Waals surface area contributed by atoms with E-state index in [1.807, 2.05) is 0 Å². The molecule has 0 saturated carbocycles. The summed E-state index contributed by atoms with van der Waals surface area (Å²) in [4.78, 5) is 41.6. The van der Waals surface area contributed by atoms with E-state index in [1.54, 1.807) is 48.5 Å². The Morgan fingerprint density at radius 1 is 0.346 bits per heavy atom. The molecule has 4 atom stereocenters. The monoisotopic (exact) mass is 724 g/mol. The molecule has 16 N–H and O–H groups in total. The second-order valence-electron chi connectivity index (χ2n) is 11.3. The van der Waals surface area contributed by atoms with Crippen molar-refractivity contribution in [2.75, 3.05) is 0 Å². The molecule has 280 valence electrons. The third kappa shape index (κ3) is 18.5. The zero-order valence-electron chi connectivity index (χ0n) is 27.9. The number of carbonyl (C=O) groups is 4. The summed E-state index contributed by atoms with van der Waals surface area (Å²) in [6.07, 6.45) is 1.09. The highest BCUT2D eigenvalue weighted by molar-refractivity contribution is 5.74. The Kier molecular flexibility index (Phi) is 19.0. The van der Waals surface area contributed by atoms with Crippen LogP contribution >= 0.6 is 0 Å². The Hall–Kier alpha value is -6.20. The topological polar surface area (TPSA) is 334 Å². The fourth-order valence-electron chi connectivity index (χ4n) is 3.89. The molecule has 0 heterocycles. The first kappa shape index (κ1) is 43.8. The van der Waals surface area contributed by atoms with Gasteiger partial charge in [-0.3, -0.25) is 19.2 Å². The molecule has 0 radical (unpaired) electrons. The van der Waals surface area contributed by atoms with Crippen molar-refractivity contribution < 1.29 is 60.0 Å². The van der Waals surface area contributed by atoms with Crippen LogP contribution in [0.4, 0.5) is 0 Å². The molecule has 4 aromatic rings. The lowest BCUT2D eigenvalue weighted by molar-refractivity contribution is -0.139. The third-order valence-electron chi connectivity index (χ3n) is 6.84. The van der Waals surface area contributed by atoms with Gasteiger partial charge < -0.3 is 63.8 Å². The van der Waals surface area contributed by atoms with E-state index in [0.29, 0.717) is 0 Å². The molecular formula is C36H44N4O12. The lowest BCUT2D eigenvalue weighted by Gasteiger charge is -2.05. The molecular weight excluding hydrogens is 680 g/mol. The van der Waals surface area contributed by atoms with E-state index < -0.39 is 48.0 Å². The lowest BCUT2D eigenvalue weighted by Crippen LogP contribution is -2.32. The van der Waals surface area contributed by atoms with E-state index >= 15 is 0 Å². The molecule has 16 nitrogen and oxygen atoms in total. The van der Waals surface area contributed by atoms with Crippen LogP contribution < -0.4 is 22.9 Å². The summed E-state index contributed by atoms with van der Waals surface area (Å²) in [6.45, 7) is 0. The summed E-state index contributed by atoms with van der Waals surface area (Å²) >= 11 is 0. The van der Waals surface area contributed by atoms with Crippen molar-refractivity contribution in [1.82, 2.24) is 0 Å². The predicted octanol–water partition coefficient (Wildman–Crippen LogP) is 1.39. The first-order valence-corrected chi connectivity index (χ1v) is 15.4. The molecule has 0 aliphatic rings. The molecule has 0 aliphatic carbocycles. The number of hydrogen-bond donors (Lipinski definition) is 12. The summed E-state index contributed by atoms with van der Waals surface area (Å²) in [5.41, 5.74) is 24.5. The number of carboxylic acids is 4. The van der Waals surface area contributed by atoms with Crippen molar-refractivity contribution in [2.45, 2.75) is 49.9 Å². The van der Waals surface area contributed by atoms with E-state index in [4.69, 9.17) is 63.8 Å². The van der Waals surface area contributed by atoms with Gasteiger partial charge in [-0.2, -0.15) is 0 Å². The van der Waals surface area contributed by atoms with Gasteiger partial charge in [0.2, 0.25) is 0 Å². The SMILES string of the molecule is NC(Cc1ccc(O)cc1)C(=O)O.NC(Cc1ccc(O)cc1)C(=O)O.NC(Cc1ccc(O)cc1)C(=O)O.NC(Cc1ccc(O)cc1)C(=O)O. The minimum absolute atomic E-state index is 0.160. The van der Waals surface area contributed by atoms with Gasteiger partial charge in [0.15, 0.2) is 0 Å². The molecule has 0 bridgehead atoms. The van der Waals surface area contributed by atoms with E-state index in [1.165, 1.54) is 48.5 Å². The third-order valence-corrected chi connectivity index (χ3v) is 6.84. The number of hydrogen-bond acceptors (Lipinski definition) is 12. The quantitative estimate of drug-likeness (QED) is 0.0981. The summed E-state index contributed by atoms with van der Waals surface area (Å²) in [6, 6.07) is 21.7. The number of phenols is 4. The van der Waals surface area contributed by atoms with Crippen LogP contribution in [-0.2, 0) is 44.9 Å². The second-order valence-corrected chi connectivity index (χ2v) is 11.3. The van der Waals surface area contributed by atoms with Crippen molar-refractivity contribution >= 4 is 23.9 Å². The van der Waals surface area contributed by atoms with Gasteiger partial charge >= 0.3 is 23.9 Å². The number of carboxylic acid groups (broad SMARTS) is 4. The van der Waals surface area contributed by atoms with Gasteiger partial charge in [0, 0.05) is 0 Å². The van der Waals surface area contributed by atoms with Gasteiger partial charge in [0.05, 0.1) is 0 Å². The highest BCUT2D eigenvalue weighted by atomic mass is 16.4. The van der Waals surface area contributed by atoms with Crippen LogP contribution in [0.5, 0.6) is 23.0 Å². The molecule has 0 fully saturated rings. The molecule has 0 spiro atoms. The summed E-state index contributed by atoms with van der Waals surface area (Å²) in [5, 5.41) is 69.9. The average Bonchev–Trinajstić information content (AvgIpc) is 3.09. The van der Waals surface area contributed by atoms with Crippen LogP contribution in [0.3, 0.4) is 0 Å². The van der Waals surface area contributed by atoms with Crippen LogP contribution in [0, 0.1) is 0 Å². The van der Waals surface area contributed by atoms with Crippen molar-refractivity contribution in [3.8, 4) is 23.0 Å². The molecule has 16 heteroatoms. The first-order valence-electron chi connectivity index (χ1n) is 15.4. The molecule has 52 heavy (non-hydrogen) atoms. The normalized spacial score (nSPS) is 12.4. The lowest BCUT2D eigenvalue weighted by atomic mass is 10.1.